The van der Waals surface area contributed by atoms with Gasteiger partial charge in [-0.1, -0.05) is 6.07 Å². The Bertz CT molecular complexity index is 1120. The quantitative estimate of drug-likeness (QED) is 0.375. The van der Waals surface area contributed by atoms with E-state index < -0.39 is 27.9 Å². The maximum absolute atomic E-state index is 13.4. The molecule has 1 aliphatic rings. The minimum Gasteiger partial charge on any atom is -0.497 e. The van der Waals surface area contributed by atoms with E-state index >= 15 is 0 Å². The third-order valence-electron chi connectivity index (χ3n) is 5.70. The Morgan fingerprint density at radius 2 is 1.94 bits per heavy atom. The van der Waals surface area contributed by atoms with Gasteiger partial charge in [0.2, 0.25) is 27.7 Å². The van der Waals surface area contributed by atoms with Gasteiger partial charge in [-0.3, -0.25) is 14.4 Å². The third kappa shape index (κ3) is 7.26. The molecule has 1 aromatic heterocycles. The van der Waals surface area contributed by atoms with Crippen LogP contribution in [-0.2, 0) is 30.8 Å². The highest BCUT2D eigenvalue weighted by Gasteiger charge is 2.41. The van der Waals surface area contributed by atoms with E-state index in [9.17, 15) is 22.8 Å². The Labute approximate surface area is 208 Å². The summed E-state index contributed by atoms with van der Waals surface area (Å²) in [4.78, 5) is 37.5. The highest BCUT2D eigenvalue weighted by atomic mass is 32.2. The number of hydrogen-bond acceptors (Lipinski definition) is 7. The van der Waals surface area contributed by atoms with Crippen molar-refractivity contribution in [3.05, 3.63) is 46.7 Å². The fraction of sp³-hybridized carbons (Fsp3) is 0.435. The number of methoxy groups -OCH3 is 1. The van der Waals surface area contributed by atoms with Crippen molar-refractivity contribution in [2.24, 2.45) is 5.73 Å². The Morgan fingerprint density at radius 3 is 2.57 bits per heavy atom. The van der Waals surface area contributed by atoms with Gasteiger partial charge in [-0.05, 0) is 55.0 Å². The number of rotatable bonds is 11. The second-order valence-electron chi connectivity index (χ2n) is 8.21. The van der Waals surface area contributed by atoms with E-state index in [1.54, 1.807) is 12.1 Å². The molecule has 190 valence electrons. The molecule has 2 aromatic rings. The van der Waals surface area contributed by atoms with Crippen LogP contribution in [0.5, 0.6) is 5.75 Å². The smallest absolute Gasteiger partial charge is 0.243 e. The second-order valence-corrected chi connectivity index (χ2v) is 11.1. The SMILES string of the molecule is COc1ccc(S(=O)(=O)N2CC[C@H](NC(=O)Cc3cccs3)C[C@H]2C(=O)NCCCC(N)=O)cc1. The number of benzene rings is 1. The predicted octanol–water partition coefficient (Wildman–Crippen LogP) is 1.02. The molecule has 2 heterocycles. The van der Waals surface area contributed by atoms with Gasteiger partial charge in [-0.25, -0.2) is 8.42 Å². The lowest BCUT2D eigenvalue weighted by Gasteiger charge is -2.37. The standard InChI is InChI=1S/C23H30N4O6S2/c1-33-17-6-8-19(9-7-17)35(31,32)27-12-10-16(26-22(29)15-18-4-3-13-34-18)14-20(27)23(30)25-11-2-5-21(24)28/h3-4,6-9,13,16,20H,2,5,10-12,14-15H2,1H3,(H2,24,28)(H,25,30)(H,26,29)/t16-,20-/m0/s1. The van der Waals surface area contributed by atoms with Gasteiger partial charge in [0.15, 0.2) is 0 Å². The minimum absolute atomic E-state index is 0.0463. The molecule has 0 bridgehead atoms. The molecule has 0 saturated carbocycles. The molecule has 3 amide bonds. The number of nitrogens with two attached hydrogens (primary N) is 1. The first-order valence-corrected chi connectivity index (χ1v) is 13.6. The number of thiophene rings is 1. The second kappa shape index (κ2) is 12.1. The van der Waals surface area contributed by atoms with Crippen LogP contribution in [-0.4, -0.2) is 62.7 Å². The van der Waals surface area contributed by atoms with Gasteiger partial charge in [0.25, 0.3) is 0 Å². The average molecular weight is 523 g/mol. The van der Waals surface area contributed by atoms with Crippen molar-refractivity contribution >= 4 is 39.1 Å². The largest absolute Gasteiger partial charge is 0.497 e. The lowest BCUT2D eigenvalue weighted by molar-refractivity contribution is -0.127. The maximum Gasteiger partial charge on any atom is 0.243 e. The number of carbonyl (C=O) groups is 3. The number of primary amides is 1. The van der Waals surface area contributed by atoms with Gasteiger partial charge >= 0.3 is 0 Å². The Hall–Kier alpha value is -2.96. The summed E-state index contributed by atoms with van der Waals surface area (Å²) in [5.41, 5.74) is 5.14. The number of nitrogens with zero attached hydrogens (tertiary/aromatic N) is 1. The summed E-state index contributed by atoms with van der Waals surface area (Å²) in [6, 6.07) is 8.33. The van der Waals surface area contributed by atoms with Crippen LogP contribution in [0, 0.1) is 0 Å². The summed E-state index contributed by atoms with van der Waals surface area (Å²) in [7, 11) is -2.50. The summed E-state index contributed by atoms with van der Waals surface area (Å²) < 4.78 is 33.1. The number of hydrogen-bond donors (Lipinski definition) is 3. The van der Waals surface area contributed by atoms with E-state index in [-0.39, 0.29) is 49.2 Å². The summed E-state index contributed by atoms with van der Waals surface area (Å²) in [6.45, 7) is 0.252. The Morgan fingerprint density at radius 1 is 1.20 bits per heavy atom. The van der Waals surface area contributed by atoms with E-state index in [2.05, 4.69) is 10.6 Å². The highest BCUT2D eigenvalue weighted by molar-refractivity contribution is 7.89. The normalized spacial score (nSPS) is 18.5. The zero-order valence-corrected chi connectivity index (χ0v) is 21.1. The number of nitrogens with one attached hydrogen (secondary N) is 2. The lowest BCUT2D eigenvalue weighted by atomic mass is 9.98. The molecule has 0 radical (unpaired) electrons. The van der Waals surface area contributed by atoms with Gasteiger partial charge in [-0.2, -0.15) is 4.31 Å². The zero-order chi connectivity index (χ0) is 25.4. The first-order valence-electron chi connectivity index (χ1n) is 11.2. The van der Waals surface area contributed by atoms with Crippen LogP contribution in [0.25, 0.3) is 0 Å². The zero-order valence-electron chi connectivity index (χ0n) is 19.4. The summed E-state index contributed by atoms with van der Waals surface area (Å²) in [5, 5.41) is 7.54. The van der Waals surface area contributed by atoms with E-state index in [1.807, 2.05) is 17.5 Å². The molecule has 1 aromatic carbocycles. The van der Waals surface area contributed by atoms with Gasteiger partial charge in [0.1, 0.15) is 11.8 Å². The van der Waals surface area contributed by atoms with Crippen molar-refractivity contribution in [2.45, 2.75) is 49.1 Å². The molecular formula is C23H30N4O6S2. The number of piperidine rings is 1. The van der Waals surface area contributed by atoms with Gasteiger partial charge in [0.05, 0.1) is 18.4 Å². The van der Waals surface area contributed by atoms with Crippen LogP contribution in [0.4, 0.5) is 0 Å². The van der Waals surface area contributed by atoms with E-state index in [4.69, 9.17) is 10.5 Å². The van der Waals surface area contributed by atoms with Gasteiger partial charge < -0.3 is 21.1 Å². The van der Waals surface area contributed by atoms with Crippen molar-refractivity contribution in [1.29, 1.82) is 0 Å². The third-order valence-corrected chi connectivity index (χ3v) is 8.50. The van der Waals surface area contributed by atoms with Crippen molar-refractivity contribution in [2.75, 3.05) is 20.2 Å². The maximum atomic E-state index is 13.4. The van der Waals surface area contributed by atoms with E-state index in [0.717, 1.165) is 4.88 Å². The molecule has 1 aliphatic heterocycles. The molecule has 35 heavy (non-hydrogen) atoms. The van der Waals surface area contributed by atoms with Crippen LogP contribution < -0.4 is 21.1 Å². The van der Waals surface area contributed by atoms with Crippen molar-refractivity contribution in [3.63, 3.8) is 0 Å². The Kier molecular flexibility index (Phi) is 9.24. The predicted molar refractivity (Wildman–Crippen MR) is 131 cm³/mol. The minimum atomic E-state index is -3.99. The lowest BCUT2D eigenvalue weighted by Crippen LogP contribution is -2.57. The molecule has 10 nitrogen and oxygen atoms in total. The number of carbonyl (C=O) groups excluding carboxylic acids is 3. The van der Waals surface area contributed by atoms with Crippen LogP contribution in [0.3, 0.4) is 0 Å². The van der Waals surface area contributed by atoms with Gasteiger partial charge in [-0.15, -0.1) is 11.3 Å². The van der Waals surface area contributed by atoms with Crippen LogP contribution in [0.1, 0.15) is 30.6 Å². The molecule has 4 N–H and O–H groups in total. The molecular weight excluding hydrogens is 492 g/mol. The molecule has 0 aliphatic carbocycles. The topological polar surface area (TPSA) is 148 Å². The summed E-state index contributed by atoms with van der Waals surface area (Å²) in [6.07, 6.45) is 1.19. The molecule has 1 saturated heterocycles. The first-order chi connectivity index (χ1) is 16.7. The fourth-order valence-electron chi connectivity index (χ4n) is 3.93. The molecule has 3 rings (SSSR count). The van der Waals surface area contributed by atoms with Crippen LogP contribution in [0.15, 0.2) is 46.7 Å². The van der Waals surface area contributed by atoms with Crippen LogP contribution in [0.2, 0.25) is 0 Å². The molecule has 2 atom stereocenters. The summed E-state index contributed by atoms with van der Waals surface area (Å²) >= 11 is 1.48. The van der Waals surface area contributed by atoms with Crippen molar-refractivity contribution < 1.29 is 27.5 Å². The van der Waals surface area contributed by atoms with Gasteiger partial charge in [0, 0.05) is 30.4 Å². The van der Waals surface area contributed by atoms with Crippen molar-refractivity contribution in [3.8, 4) is 5.75 Å². The number of amides is 3. The van der Waals surface area contributed by atoms with Crippen molar-refractivity contribution in [1.82, 2.24) is 14.9 Å². The van der Waals surface area contributed by atoms with Crippen LogP contribution >= 0.6 is 11.3 Å². The molecule has 1 fully saturated rings. The molecule has 0 unspecified atom stereocenters. The molecule has 12 heteroatoms. The first kappa shape index (κ1) is 26.6. The Balaban J connectivity index is 1.74. The molecule has 0 spiro atoms. The average Bonchev–Trinajstić information content (AvgIpc) is 3.34. The summed E-state index contributed by atoms with van der Waals surface area (Å²) in [5.74, 6) is -0.623. The number of sulfonamides is 1. The highest BCUT2D eigenvalue weighted by Crippen LogP contribution is 2.27. The van der Waals surface area contributed by atoms with E-state index in [1.165, 1.54) is 34.9 Å². The van der Waals surface area contributed by atoms with E-state index in [0.29, 0.717) is 18.6 Å². The number of ether oxygens (including phenoxy) is 1. The fourth-order valence-corrected chi connectivity index (χ4v) is 6.24. The monoisotopic (exact) mass is 522 g/mol.